The number of unbranched alkanes of at least 4 members (excludes halogenated alkanes) is 1. The van der Waals surface area contributed by atoms with E-state index >= 15 is 0 Å². The van der Waals surface area contributed by atoms with E-state index in [1.807, 2.05) is 0 Å². The van der Waals surface area contributed by atoms with Gasteiger partial charge >= 0.3 is 0 Å². The summed E-state index contributed by atoms with van der Waals surface area (Å²) in [5, 5.41) is 2.98. The Morgan fingerprint density at radius 2 is 1.56 bits per heavy atom. The summed E-state index contributed by atoms with van der Waals surface area (Å²) in [6.45, 7) is 13.9. The highest BCUT2D eigenvalue weighted by molar-refractivity contribution is 7.41. The Hall–Kier alpha value is -0.866. The summed E-state index contributed by atoms with van der Waals surface area (Å²) in [7, 11) is -2.50. The summed E-state index contributed by atoms with van der Waals surface area (Å²) in [5.74, 6) is 3.82. The van der Waals surface area contributed by atoms with E-state index in [1.165, 1.54) is 55.7 Å². The van der Waals surface area contributed by atoms with Gasteiger partial charge in [-0.3, -0.25) is 0 Å². The summed E-state index contributed by atoms with van der Waals surface area (Å²) in [4.78, 5) is 0. The maximum Gasteiger partial charge on any atom is 0.0448 e. The Morgan fingerprint density at radius 1 is 0.765 bits per heavy atom. The molecular formula is C32H50Si2. The summed E-state index contributed by atoms with van der Waals surface area (Å²) in [6.07, 6.45) is 16.5. The van der Waals surface area contributed by atoms with Crippen molar-refractivity contribution >= 4 is 26.0 Å². The molecule has 3 fully saturated rings. The fourth-order valence-electron chi connectivity index (χ4n) is 9.15. The molecule has 0 N–H and O–H groups in total. The summed E-state index contributed by atoms with van der Waals surface area (Å²) >= 11 is 0. The first-order valence-corrected chi connectivity index (χ1v) is 22.0. The van der Waals surface area contributed by atoms with Crippen molar-refractivity contribution < 1.29 is 0 Å². The Morgan fingerprint density at radius 3 is 2.38 bits per heavy atom. The first kappa shape index (κ1) is 24.8. The molecule has 186 valence electrons. The second-order valence-electron chi connectivity index (χ2n) is 13.6. The Bertz CT molecular complexity index is 971. The molecule has 0 heterocycles. The minimum absolute atomic E-state index is 0.800. The van der Waals surface area contributed by atoms with Crippen LogP contribution < -0.4 is 0 Å². The maximum absolute atomic E-state index is 2.88. The van der Waals surface area contributed by atoms with Crippen LogP contribution in [0, 0.1) is 17.8 Å². The molecule has 2 heteroatoms. The minimum atomic E-state index is -1.28. The van der Waals surface area contributed by atoms with Crippen LogP contribution in [0.5, 0.6) is 0 Å². The van der Waals surface area contributed by atoms with Crippen LogP contribution in [0.1, 0.15) is 89.0 Å². The van der Waals surface area contributed by atoms with Crippen molar-refractivity contribution in [2.24, 2.45) is 17.8 Å². The Kier molecular flexibility index (Phi) is 7.21. The van der Waals surface area contributed by atoms with Gasteiger partial charge in [0.05, 0.1) is 0 Å². The quantitative estimate of drug-likeness (QED) is 0.338. The van der Waals surface area contributed by atoms with Crippen LogP contribution in [0.25, 0.3) is 10.8 Å². The van der Waals surface area contributed by atoms with E-state index in [9.17, 15) is 0 Å². The monoisotopic (exact) mass is 490 g/mol. The molecule has 0 nitrogen and oxygen atoms in total. The minimum Gasteiger partial charge on any atom is -0.0711 e. The normalized spacial score (nSPS) is 32.3. The fourth-order valence-corrected chi connectivity index (χ4v) is 23.2. The van der Waals surface area contributed by atoms with Crippen LogP contribution in [0.2, 0.25) is 37.3 Å². The van der Waals surface area contributed by atoms with Crippen LogP contribution in [0.4, 0.5) is 0 Å². The van der Waals surface area contributed by atoms with Crippen LogP contribution in [-0.2, 0) is 0 Å². The zero-order valence-corrected chi connectivity index (χ0v) is 24.8. The number of rotatable bonds is 7. The van der Waals surface area contributed by atoms with Crippen molar-refractivity contribution in [2.45, 2.75) is 121 Å². The topological polar surface area (TPSA) is 0 Å². The van der Waals surface area contributed by atoms with E-state index in [1.54, 1.807) is 31.2 Å². The lowest BCUT2D eigenvalue weighted by atomic mass is 9.70. The molecule has 3 saturated carbocycles. The van der Waals surface area contributed by atoms with Crippen molar-refractivity contribution in [1.82, 2.24) is 0 Å². The molecule has 2 aromatic carbocycles. The summed E-state index contributed by atoms with van der Waals surface area (Å²) < 4.78 is 0. The van der Waals surface area contributed by atoms with Gasteiger partial charge in [0.2, 0.25) is 0 Å². The first-order chi connectivity index (χ1) is 16.3. The number of benzene rings is 2. The van der Waals surface area contributed by atoms with Crippen LogP contribution >= 0.6 is 0 Å². The number of hydrogen-bond donors (Lipinski definition) is 0. The number of hydrogen-bond acceptors (Lipinski definition) is 0. The Labute approximate surface area is 212 Å². The van der Waals surface area contributed by atoms with Gasteiger partial charge in [-0.2, -0.15) is 0 Å². The van der Waals surface area contributed by atoms with Crippen molar-refractivity contribution in [3.8, 4) is 0 Å². The van der Waals surface area contributed by atoms with Gasteiger partial charge in [0.25, 0.3) is 0 Å². The highest BCUT2D eigenvalue weighted by atomic mass is 29.3. The smallest absolute Gasteiger partial charge is 0.0448 e. The van der Waals surface area contributed by atoms with E-state index in [2.05, 4.69) is 75.6 Å². The molecule has 34 heavy (non-hydrogen) atoms. The molecule has 0 aromatic heterocycles. The van der Waals surface area contributed by atoms with Gasteiger partial charge in [0.1, 0.15) is 0 Å². The second kappa shape index (κ2) is 9.88. The van der Waals surface area contributed by atoms with Gasteiger partial charge in [-0.25, -0.2) is 0 Å². The van der Waals surface area contributed by atoms with Crippen LogP contribution in [0.3, 0.4) is 0 Å². The van der Waals surface area contributed by atoms with Crippen molar-refractivity contribution in [3.63, 3.8) is 0 Å². The van der Waals surface area contributed by atoms with Gasteiger partial charge in [0.15, 0.2) is 0 Å². The van der Waals surface area contributed by atoms with Gasteiger partial charge < -0.3 is 0 Å². The third-order valence-electron chi connectivity index (χ3n) is 11.8. The van der Waals surface area contributed by atoms with E-state index in [4.69, 9.17) is 0 Å². The van der Waals surface area contributed by atoms with Gasteiger partial charge in [0, 0.05) is 15.2 Å². The molecule has 6 unspecified atom stereocenters. The average molecular weight is 491 g/mol. The number of fused-ring (bicyclic) bond motifs is 2. The highest BCUT2D eigenvalue weighted by Gasteiger charge is 2.57. The molecule has 0 bridgehead atoms. The van der Waals surface area contributed by atoms with E-state index < -0.39 is 15.2 Å². The molecule has 0 spiro atoms. The molecule has 5 rings (SSSR count). The Balaban J connectivity index is 1.37. The van der Waals surface area contributed by atoms with Crippen LogP contribution in [0.15, 0.2) is 42.5 Å². The molecule has 0 amide bonds. The summed E-state index contributed by atoms with van der Waals surface area (Å²) in [5.41, 5.74) is 3.89. The van der Waals surface area contributed by atoms with E-state index in [0.717, 1.165) is 34.8 Å². The standard InChI is InChI=1S/C32H50Si2/c1-6-7-12-24-19-20-26(23-24)33(2,3)34(4,5)32-22-21-30-29(17-11-18-31(30)32)28-16-10-14-25-13-8-9-15-27(25)28/h8-10,13-16,24,26,29-32H,6-7,11-12,17-23H2,1-5H3. The summed E-state index contributed by atoms with van der Waals surface area (Å²) in [6, 6.07) is 16.3. The molecule has 2 aromatic rings. The van der Waals surface area contributed by atoms with Gasteiger partial charge in [-0.15, -0.1) is 0 Å². The molecule has 3 aliphatic rings. The molecule has 0 saturated heterocycles. The SMILES string of the molecule is CCCCC1CCC([Si](C)(C)[Si](C)(C)C2CCC3C(c4cccc5ccccc45)CCCC32)C1. The third-order valence-corrected chi connectivity index (χ3v) is 32.5. The first-order valence-electron chi connectivity index (χ1n) is 14.8. The van der Waals surface area contributed by atoms with Crippen LogP contribution in [-0.4, -0.2) is 15.2 Å². The average Bonchev–Trinajstić information content (AvgIpc) is 3.50. The van der Waals surface area contributed by atoms with Crippen molar-refractivity contribution in [2.75, 3.05) is 0 Å². The molecule has 0 radical (unpaired) electrons. The predicted molar refractivity (Wildman–Crippen MR) is 156 cm³/mol. The molecule has 0 aliphatic heterocycles. The van der Waals surface area contributed by atoms with E-state index in [0.29, 0.717) is 0 Å². The molecule has 3 aliphatic carbocycles. The van der Waals surface area contributed by atoms with Gasteiger partial charge in [-0.05, 0) is 63.9 Å². The zero-order valence-electron chi connectivity index (χ0n) is 22.8. The predicted octanol–water partition coefficient (Wildman–Crippen LogP) is 10.4. The van der Waals surface area contributed by atoms with Crippen molar-refractivity contribution in [3.05, 3.63) is 48.0 Å². The lowest BCUT2D eigenvalue weighted by Crippen LogP contribution is -2.61. The van der Waals surface area contributed by atoms with Crippen molar-refractivity contribution in [1.29, 1.82) is 0 Å². The maximum atomic E-state index is 2.88. The second-order valence-corrected chi connectivity index (χ2v) is 29.8. The lowest BCUT2D eigenvalue weighted by molar-refractivity contribution is 0.238. The third kappa shape index (κ3) is 4.29. The van der Waals surface area contributed by atoms with E-state index in [-0.39, 0.29) is 0 Å². The van der Waals surface area contributed by atoms with Gasteiger partial charge in [-0.1, -0.05) is 133 Å². The fraction of sp³-hybridized carbons (Fsp3) is 0.688. The largest absolute Gasteiger partial charge is 0.0711 e. The lowest BCUT2D eigenvalue weighted by Gasteiger charge is -2.50. The zero-order chi connectivity index (χ0) is 23.9. The highest BCUT2D eigenvalue weighted by Crippen LogP contribution is 2.61. The molecule has 6 atom stereocenters. The molecular weight excluding hydrogens is 441 g/mol.